The first-order chi connectivity index (χ1) is 15.9. The van der Waals surface area contributed by atoms with E-state index in [1.165, 1.54) is 25.9 Å². The zero-order valence-electron chi connectivity index (χ0n) is 18.8. The number of carbonyl (C=O) groups excluding carboxylic acids is 1. The van der Waals surface area contributed by atoms with Gasteiger partial charge in [0.2, 0.25) is 5.92 Å². The van der Waals surface area contributed by atoms with Crippen LogP contribution in [0.2, 0.25) is 5.02 Å². The van der Waals surface area contributed by atoms with E-state index in [-0.39, 0.29) is 31.2 Å². The molecule has 1 amide bonds. The molecular weight excluding hydrogens is 446 g/mol. The van der Waals surface area contributed by atoms with Gasteiger partial charge in [0.05, 0.1) is 16.1 Å². The molecule has 178 valence electrons. The fraction of sp³-hybridized carbons (Fsp3) is 0.600. The van der Waals surface area contributed by atoms with Gasteiger partial charge in [-0.05, 0) is 75.4 Å². The van der Waals surface area contributed by atoms with Gasteiger partial charge in [0.1, 0.15) is 5.82 Å². The summed E-state index contributed by atoms with van der Waals surface area (Å²) in [7, 11) is 0. The number of amides is 1. The lowest BCUT2D eigenvalue weighted by molar-refractivity contribution is -0.0518. The highest BCUT2D eigenvalue weighted by atomic mass is 35.5. The van der Waals surface area contributed by atoms with Crippen LogP contribution in [0.1, 0.15) is 55.3 Å². The van der Waals surface area contributed by atoms with Crippen molar-refractivity contribution in [3.05, 3.63) is 34.9 Å². The van der Waals surface area contributed by atoms with Gasteiger partial charge in [-0.25, -0.2) is 13.8 Å². The summed E-state index contributed by atoms with van der Waals surface area (Å²) >= 11 is 6.40. The molecule has 2 aliphatic heterocycles. The van der Waals surface area contributed by atoms with E-state index < -0.39 is 5.92 Å². The summed E-state index contributed by atoms with van der Waals surface area (Å²) in [5.41, 5.74) is 1.09. The third-order valence-corrected chi connectivity index (χ3v) is 7.79. The monoisotopic (exact) mass is 476 g/mol. The van der Waals surface area contributed by atoms with Crippen LogP contribution in [0.25, 0.3) is 10.9 Å². The molecule has 1 aliphatic carbocycles. The van der Waals surface area contributed by atoms with Gasteiger partial charge >= 0.3 is 0 Å². The molecule has 33 heavy (non-hydrogen) atoms. The van der Waals surface area contributed by atoms with Gasteiger partial charge in [-0.15, -0.1) is 0 Å². The fourth-order valence-corrected chi connectivity index (χ4v) is 5.95. The molecule has 2 atom stereocenters. The quantitative estimate of drug-likeness (QED) is 0.650. The number of nitrogens with one attached hydrogen (secondary N) is 1. The zero-order chi connectivity index (χ0) is 23.0. The van der Waals surface area contributed by atoms with Crippen LogP contribution in [0.3, 0.4) is 0 Å². The summed E-state index contributed by atoms with van der Waals surface area (Å²) in [6.07, 6.45) is 4.70. The largest absolute Gasteiger partial charge is 0.355 e. The Morgan fingerprint density at radius 2 is 1.94 bits per heavy atom. The fourth-order valence-electron chi connectivity index (χ4n) is 5.70. The first-order valence-corrected chi connectivity index (χ1v) is 12.5. The van der Waals surface area contributed by atoms with Crippen molar-refractivity contribution in [2.24, 2.45) is 5.92 Å². The van der Waals surface area contributed by atoms with Crippen LogP contribution in [0.4, 0.5) is 14.6 Å². The minimum Gasteiger partial charge on any atom is -0.355 e. The number of rotatable bonds is 5. The number of carbonyl (C=O) groups is 1. The zero-order valence-corrected chi connectivity index (χ0v) is 19.6. The number of anilines is 1. The third kappa shape index (κ3) is 4.94. The maximum atomic E-state index is 13.7. The van der Waals surface area contributed by atoms with Crippen LogP contribution in [0, 0.1) is 5.92 Å². The van der Waals surface area contributed by atoms with E-state index in [1.807, 2.05) is 18.2 Å². The number of likely N-dealkylation sites (tertiary alicyclic amines) is 1. The van der Waals surface area contributed by atoms with Gasteiger partial charge in [-0.1, -0.05) is 11.6 Å². The molecule has 1 aromatic carbocycles. The minimum atomic E-state index is -2.63. The lowest BCUT2D eigenvalue weighted by atomic mass is 9.86. The number of hydrogen-bond donors (Lipinski definition) is 1. The normalized spacial score (nSPS) is 25.6. The number of benzene rings is 1. The molecule has 1 N–H and O–H groups in total. The van der Waals surface area contributed by atoms with E-state index in [0.29, 0.717) is 34.9 Å². The van der Waals surface area contributed by atoms with E-state index in [0.717, 1.165) is 30.8 Å². The van der Waals surface area contributed by atoms with Gasteiger partial charge in [0, 0.05) is 43.9 Å². The summed E-state index contributed by atoms with van der Waals surface area (Å²) in [4.78, 5) is 22.7. The smallest absolute Gasteiger partial charge is 0.253 e. The molecule has 0 bridgehead atoms. The van der Waals surface area contributed by atoms with Crippen molar-refractivity contribution in [2.45, 2.75) is 56.9 Å². The number of hydrogen-bond acceptors (Lipinski definition) is 4. The summed E-state index contributed by atoms with van der Waals surface area (Å²) in [6.45, 7) is 4.58. The van der Waals surface area contributed by atoms with Crippen molar-refractivity contribution < 1.29 is 13.6 Å². The van der Waals surface area contributed by atoms with Crippen LogP contribution in [0.15, 0.2) is 24.3 Å². The molecule has 3 fully saturated rings. The number of pyridine rings is 1. The van der Waals surface area contributed by atoms with E-state index in [1.54, 1.807) is 6.07 Å². The highest BCUT2D eigenvalue weighted by Crippen LogP contribution is 2.36. The first kappa shape index (κ1) is 22.8. The summed E-state index contributed by atoms with van der Waals surface area (Å²) in [5.74, 6) is -2.25. The predicted molar refractivity (Wildman–Crippen MR) is 127 cm³/mol. The van der Waals surface area contributed by atoms with Crippen LogP contribution in [0.5, 0.6) is 0 Å². The van der Waals surface area contributed by atoms with Gasteiger partial charge in [0.25, 0.3) is 5.91 Å². The molecule has 2 saturated heterocycles. The Kier molecular flexibility index (Phi) is 6.45. The van der Waals surface area contributed by atoms with Crippen LogP contribution >= 0.6 is 11.6 Å². The number of nitrogens with zero attached hydrogens (tertiary/aromatic N) is 3. The molecule has 1 saturated carbocycles. The second kappa shape index (κ2) is 9.34. The molecule has 2 unspecified atom stereocenters. The van der Waals surface area contributed by atoms with Crippen molar-refractivity contribution in [1.29, 1.82) is 0 Å². The Morgan fingerprint density at radius 1 is 1.12 bits per heavy atom. The average molecular weight is 477 g/mol. The third-order valence-electron chi connectivity index (χ3n) is 7.47. The Balaban J connectivity index is 1.30. The Hall–Kier alpha value is -1.99. The number of alkyl halides is 2. The lowest BCUT2D eigenvalue weighted by Gasteiger charge is -2.29. The second-order valence-corrected chi connectivity index (χ2v) is 10.2. The molecule has 1 aromatic heterocycles. The SMILES string of the molecule is O=C(NCC1CCCC(F)(F)C1)c1c(Cl)ccc2nc(N3CCC(N4CCCC4)C3)ccc12. The molecular formula is C25H31ClF2N4O. The van der Waals surface area contributed by atoms with E-state index in [2.05, 4.69) is 15.1 Å². The Labute approximate surface area is 198 Å². The molecule has 3 heterocycles. The molecule has 5 nitrogen and oxygen atoms in total. The summed E-state index contributed by atoms with van der Waals surface area (Å²) < 4.78 is 27.4. The molecule has 5 rings (SSSR count). The van der Waals surface area contributed by atoms with Gasteiger partial charge in [-0.3, -0.25) is 9.69 Å². The van der Waals surface area contributed by atoms with Crippen LogP contribution < -0.4 is 10.2 Å². The predicted octanol–water partition coefficient (Wildman–Crippen LogP) is 5.12. The molecule has 3 aliphatic rings. The highest BCUT2D eigenvalue weighted by Gasteiger charge is 2.36. The Bertz CT molecular complexity index is 1030. The number of fused-ring (bicyclic) bond motifs is 1. The topological polar surface area (TPSA) is 48.5 Å². The number of halogens is 3. The molecule has 8 heteroatoms. The van der Waals surface area contributed by atoms with Crippen LogP contribution in [-0.4, -0.2) is 60.5 Å². The molecule has 0 radical (unpaired) electrons. The standard InChI is InChI=1S/C25H31ClF2N4O/c26-20-6-7-21-19(23(20)24(33)29-15-17-4-3-10-25(27,28)14-17)5-8-22(30-21)32-13-9-18(16-32)31-11-1-2-12-31/h5-8,17-18H,1-4,9-16H2,(H,29,33). The van der Waals surface area contributed by atoms with E-state index in [4.69, 9.17) is 16.6 Å². The lowest BCUT2D eigenvalue weighted by Crippen LogP contribution is -2.35. The van der Waals surface area contributed by atoms with Crippen molar-refractivity contribution in [1.82, 2.24) is 15.2 Å². The Morgan fingerprint density at radius 3 is 2.73 bits per heavy atom. The van der Waals surface area contributed by atoms with Gasteiger partial charge < -0.3 is 10.2 Å². The average Bonchev–Trinajstić information content (AvgIpc) is 3.48. The van der Waals surface area contributed by atoms with Crippen molar-refractivity contribution in [3.8, 4) is 0 Å². The maximum Gasteiger partial charge on any atom is 0.253 e. The van der Waals surface area contributed by atoms with Gasteiger partial charge in [-0.2, -0.15) is 0 Å². The molecule has 0 spiro atoms. The van der Waals surface area contributed by atoms with Gasteiger partial charge in [0.15, 0.2) is 0 Å². The second-order valence-electron chi connectivity index (χ2n) is 9.82. The number of aromatic nitrogens is 1. The summed E-state index contributed by atoms with van der Waals surface area (Å²) in [6, 6.07) is 8.00. The first-order valence-electron chi connectivity index (χ1n) is 12.1. The maximum absolute atomic E-state index is 13.7. The van der Waals surface area contributed by atoms with E-state index >= 15 is 0 Å². The summed E-state index contributed by atoms with van der Waals surface area (Å²) in [5, 5.41) is 3.88. The minimum absolute atomic E-state index is 0.0591. The van der Waals surface area contributed by atoms with Crippen LogP contribution in [-0.2, 0) is 0 Å². The highest BCUT2D eigenvalue weighted by molar-refractivity contribution is 6.35. The van der Waals surface area contributed by atoms with E-state index in [9.17, 15) is 13.6 Å². The molecule has 2 aromatic rings. The van der Waals surface area contributed by atoms with Crippen molar-refractivity contribution in [2.75, 3.05) is 37.6 Å². The van der Waals surface area contributed by atoms with Crippen molar-refractivity contribution >= 4 is 34.2 Å². The van der Waals surface area contributed by atoms with Crippen molar-refractivity contribution in [3.63, 3.8) is 0 Å².